The molecule has 20 heavy (non-hydrogen) atoms. The number of hydrogen-bond acceptors (Lipinski definition) is 5. The third-order valence-corrected chi connectivity index (χ3v) is 3.36. The molecule has 0 heterocycles. The summed E-state index contributed by atoms with van der Waals surface area (Å²) in [5.41, 5.74) is 10.6. The van der Waals surface area contributed by atoms with E-state index in [9.17, 15) is 14.9 Å². The minimum Gasteiger partial charge on any atom is -0.491 e. The Hall–Kier alpha value is -2.15. The number of amides is 1. The van der Waals surface area contributed by atoms with Crippen molar-refractivity contribution in [3.8, 4) is 5.75 Å². The molecule has 0 saturated heterocycles. The molecule has 0 atom stereocenters. The smallest absolute Gasteiger partial charge is 0.270 e. The van der Waals surface area contributed by atoms with Gasteiger partial charge in [0.25, 0.3) is 11.6 Å². The fraction of sp³-hybridized carbons (Fsp3) is 0.462. The van der Waals surface area contributed by atoms with E-state index >= 15 is 0 Å². The van der Waals surface area contributed by atoms with Crippen molar-refractivity contribution in [1.82, 2.24) is 0 Å². The van der Waals surface area contributed by atoms with Crippen LogP contribution in [0.5, 0.6) is 5.75 Å². The minimum atomic E-state index is -0.778. The number of carbonyl (C=O) groups is 1. The summed E-state index contributed by atoms with van der Waals surface area (Å²) >= 11 is 0. The number of rotatable bonds is 7. The fourth-order valence-corrected chi connectivity index (χ4v) is 1.63. The Labute approximate surface area is 117 Å². The molecule has 0 aliphatic carbocycles. The van der Waals surface area contributed by atoms with E-state index in [1.54, 1.807) is 0 Å². The summed E-state index contributed by atoms with van der Waals surface area (Å²) in [5.74, 6) is -0.570. The lowest BCUT2D eigenvalue weighted by atomic mass is 9.95. The van der Waals surface area contributed by atoms with E-state index in [4.69, 9.17) is 16.2 Å². The third-order valence-electron chi connectivity index (χ3n) is 3.36. The Morgan fingerprint density at radius 3 is 2.45 bits per heavy atom. The molecule has 7 heteroatoms. The summed E-state index contributed by atoms with van der Waals surface area (Å²) in [4.78, 5) is 21.4. The molecule has 0 aliphatic rings. The molecular weight excluding hydrogens is 262 g/mol. The van der Waals surface area contributed by atoms with Crippen molar-refractivity contribution in [3.63, 3.8) is 0 Å². The summed E-state index contributed by atoms with van der Waals surface area (Å²) in [5, 5.41) is 10.7. The van der Waals surface area contributed by atoms with Crippen LogP contribution in [0.1, 0.15) is 37.0 Å². The van der Waals surface area contributed by atoms with Crippen molar-refractivity contribution in [2.24, 2.45) is 11.5 Å². The summed E-state index contributed by atoms with van der Waals surface area (Å²) in [6.07, 6.45) is 1.42. The summed E-state index contributed by atoms with van der Waals surface area (Å²) in [6.45, 7) is 4.09. The van der Waals surface area contributed by atoms with E-state index in [1.165, 1.54) is 12.1 Å². The SMILES string of the molecule is CCC(N)(CC)COc1ccc([N+](=O)[O-])cc1C(N)=O. The Morgan fingerprint density at radius 1 is 1.40 bits per heavy atom. The first-order chi connectivity index (χ1) is 9.33. The van der Waals surface area contributed by atoms with E-state index in [0.717, 1.165) is 6.07 Å². The first-order valence-electron chi connectivity index (χ1n) is 6.33. The van der Waals surface area contributed by atoms with Crippen molar-refractivity contribution in [3.05, 3.63) is 33.9 Å². The monoisotopic (exact) mass is 281 g/mol. The van der Waals surface area contributed by atoms with Gasteiger partial charge in [-0.1, -0.05) is 13.8 Å². The number of nitro benzene ring substituents is 1. The molecule has 0 aromatic heterocycles. The topological polar surface area (TPSA) is 121 Å². The second-order valence-corrected chi connectivity index (χ2v) is 4.66. The molecule has 0 saturated carbocycles. The maximum atomic E-state index is 11.3. The molecule has 110 valence electrons. The number of nitro groups is 1. The molecule has 4 N–H and O–H groups in total. The molecule has 1 aromatic carbocycles. The molecule has 0 radical (unpaired) electrons. The van der Waals surface area contributed by atoms with Crippen LogP contribution >= 0.6 is 0 Å². The van der Waals surface area contributed by atoms with Gasteiger partial charge in [0.15, 0.2) is 0 Å². The van der Waals surface area contributed by atoms with Gasteiger partial charge in [-0.05, 0) is 18.9 Å². The molecule has 1 rings (SSSR count). The standard InChI is InChI=1S/C13H19N3O4/c1-3-13(15,4-2)8-20-11-6-5-9(16(18)19)7-10(11)12(14)17/h5-7H,3-4,8,15H2,1-2H3,(H2,14,17). The first kappa shape index (κ1) is 15.9. The Kier molecular flexibility index (Phi) is 5.04. The first-order valence-corrected chi connectivity index (χ1v) is 6.33. The van der Waals surface area contributed by atoms with Gasteiger partial charge in [0.1, 0.15) is 12.4 Å². The molecule has 0 spiro atoms. The zero-order chi connectivity index (χ0) is 15.3. The van der Waals surface area contributed by atoms with Crippen molar-refractivity contribution in [2.45, 2.75) is 32.2 Å². The molecule has 0 bridgehead atoms. The number of benzene rings is 1. The van der Waals surface area contributed by atoms with Gasteiger partial charge in [-0.3, -0.25) is 14.9 Å². The van der Waals surface area contributed by atoms with Crippen LogP contribution in [0.2, 0.25) is 0 Å². The van der Waals surface area contributed by atoms with E-state index in [2.05, 4.69) is 0 Å². The molecule has 7 nitrogen and oxygen atoms in total. The maximum absolute atomic E-state index is 11.3. The average Bonchev–Trinajstić information content (AvgIpc) is 2.44. The molecule has 0 unspecified atom stereocenters. The van der Waals surface area contributed by atoms with Gasteiger partial charge in [0.2, 0.25) is 0 Å². The van der Waals surface area contributed by atoms with Crippen molar-refractivity contribution < 1.29 is 14.5 Å². The number of nitrogens with two attached hydrogens (primary N) is 2. The maximum Gasteiger partial charge on any atom is 0.270 e. The zero-order valence-electron chi connectivity index (χ0n) is 11.6. The van der Waals surface area contributed by atoms with Crippen LogP contribution < -0.4 is 16.2 Å². The number of primary amides is 1. The van der Waals surface area contributed by atoms with E-state index in [1.807, 2.05) is 13.8 Å². The molecule has 1 amide bonds. The van der Waals surface area contributed by atoms with Gasteiger partial charge in [0.05, 0.1) is 10.5 Å². The van der Waals surface area contributed by atoms with E-state index in [-0.39, 0.29) is 23.6 Å². The number of carbonyl (C=O) groups excluding carboxylic acids is 1. The highest BCUT2D eigenvalue weighted by molar-refractivity contribution is 5.96. The fourth-order valence-electron chi connectivity index (χ4n) is 1.63. The van der Waals surface area contributed by atoms with Gasteiger partial charge in [-0.25, -0.2) is 0 Å². The number of ether oxygens (including phenoxy) is 1. The Balaban J connectivity index is 3.01. The highest BCUT2D eigenvalue weighted by atomic mass is 16.6. The summed E-state index contributed by atoms with van der Waals surface area (Å²) < 4.78 is 5.53. The molecule has 1 aromatic rings. The van der Waals surface area contributed by atoms with Crippen LogP contribution in [0.3, 0.4) is 0 Å². The number of non-ortho nitro benzene ring substituents is 1. The highest BCUT2D eigenvalue weighted by Gasteiger charge is 2.23. The van der Waals surface area contributed by atoms with Crippen molar-refractivity contribution >= 4 is 11.6 Å². The second kappa shape index (κ2) is 6.33. The third kappa shape index (κ3) is 3.67. The normalized spacial score (nSPS) is 11.2. The van der Waals surface area contributed by atoms with Crippen LogP contribution in [-0.4, -0.2) is 23.0 Å². The largest absolute Gasteiger partial charge is 0.491 e. The van der Waals surface area contributed by atoms with Crippen molar-refractivity contribution in [2.75, 3.05) is 6.61 Å². The van der Waals surface area contributed by atoms with Gasteiger partial charge in [0, 0.05) is 17.7 Å². The summed E-state index contributed by atoms with van der Waals surface area (Å²) in [7, 11) is 0. The zero-order valence-corrected chi connectivity index (χ0v) is 11.6. The van der Waals surface area contributed by atoms with E-state index < -0.39 is 16.4 Å². The van der Waals surface area contributed by atoms with Crippen LogP contribution in [0.15, 0.2) is 18.2 Å². The molecule has 0 aliphatic heterocycles. The van der Waals surface area contributed by atoms with Gasteiger partial charge in [-0.2, -0.15) is 0 Å². The highest BCUT2D eigenvalue weighted by Crippen LogP contribution is 2.25. The van der Waals surface area contributed by atoms with Gasteiger partial charge in [-0.15, -0.1) is 0 Å². The summed E-state index contributed by atoms with van der Waals surface area (Å²) in [6, 6.07) is 3.73. The second-order valence-electron chi connectivity index (χ2n) is 4.66. The van der Waals surface area contributed by atoms with Crippen LogP contribution in [0.25, 0.3) is 0 Å². The van der Waals surface area contributed by atoms with Crippen LogP contribution in [-0.2, 0) is 0 Å². The number of hydrogen-bond donors (Lipinski definition) is 2. The predicted molar refractivity (Wildman–Crippen MR) is 74.6 cm³/mol. The van der Waals surface area contributed by atoms with Crippen LogP contribution in [0.4, 0.5) is 5.69 Å². The van der Waals surface area contributed by atoms with Gasteiger partial charge < -0.3 is 16.2 Å². The average molecular weight is 281 g/mol. The lowest BCUT2D eigenvalue weighted by Gasteiger charge is -2.26. The van der Waals surface area contributed by atoms with Crippen LogP contribution in [0, 0.1) is 10.1 Å². The van der Waals surface area contributed by atoms with Crippen molar-refractivity contribution in [1.29, 1.82) is 0 Å². The lowest BCUT2D eigenvalue weighted by Crippen LogP contribution is -2.44. The quantitative estimate of drug-likeness (QED) is 0.580. The minimum absolute atomic E-state index is 0.0197. The molecule has 0 fully saturated rings. The predicted octanol–water partition coefficient (Wildman–Crippen LogP) is 1.59. The Bertz CT molecular complexity index is 512. The van der Waals surface area contributed by atoms with E-state index in [0.29, 0.717) is 12.8 Å². The molecular formula is C13H19N3O4. The Morgan fingerprint density at radius 2 is 2.00 bits per heavy atom. The number of nitrogens with zero attached hydrogens (tertiary/aromatic N) is 1. The lowest BCUT2D eigenvalue weighted by molar-refractivity contribution is -0.384. The van der Waals surface area contributed by atoms with Gasteiger partial charge >= 0.3 is 0 Å².